The number of rotatable bonds is 10. The molecule has 37 heavy (non-hydrogen) atoms. The summed E-state index contributed by atoms with van der Waals surface area (Å²) in [6.07, 6.45) is 12.0. The number of benzene rings is 2. The van der Waals surface area contributed by atoms with Crippen LogP contribution in [0.3, 0.4) is 0 Å². The predicted octanol–water partition coefficient (Wildman–Crippen LogP) is 7.10. The molecule has 1 aliphatic carbocycles. The Bertz CT molecular complexity index is 1350. The first-order valence-corrected chi connectivity index (χ1v) is 13.3. The van der Waals surface area contributed by atoms with Crippen LogP contribution in [0.5, 0.6) is 5.75 Å². The molecule has 0 amide bonds. The van der Waals surface area contributed by atoms with Gasteiger partial charge in [-0.3, -0.25) is 9.78 Å². The minimum absolute atomic E-state index is 0.384. The summed E-state index contributed by atoms with van der Waals surface area (Å²) >= 11 is 0. The van der Waals surface area contributed by atoms with Crippen LogP contribution >= 0.6 is 0 Å². The van der Waals surface area contributed by atoms with Crippen molar-refractivity contribution in [1.82, 2.24) is 15.0 Å². The van der Waals surface area contributed by atoms with Crippen LogP contribution in [0.15, 0.2) is 67.0 Å². The molecular weight excluding hydrogens is 460 g/mol. The lowest BCUT2D eigenvalue weighted by molar-refractivity contribution is -0.120. The average Bonchev–Trinajstić information content (AvgIpc) is 2.95. The van der Waals surface area contributed by atoms with Gasteiger partial charge in [-0.05, 0) is 59.9 Å². The number of carbonyl (C=O) groups is 1. The number of fused-ring (bicyclic) bond motifs is 1. The molecule has 5 rings (SSSR count). The van der Waals surface area contributed by atoms with Crippen molar-refractivity contribution in [2.45, 2.75) is 51.4 Å². The van der Waals surface area contributed by atoms with E-state index in [0.29, 0.717) is 30.6 Å². The van der Waals surface area contributed by atoms with E-state index in [-0.39, 0.29) is 0 Å². The summed E-state index contributed by atoms with van der Waals surface area (Å²) in [6, 6.07) is 18.2. The van der Waals surface area contributed by atoms with E-state index in [2.05, 4.69) is 34.6 Å². The van der Waals surface area contributed by atoms with Crippen molar-refractivity contribution in [3.63, 3.8) is 0 Å². The topological polar surface area (TPSA) is 77.0 Å². The second-order valence-corrected chi connectivity index (χ2v) is 9.85. The van der Waals surface area contributed by atoms with E-state index in [9.17, 15) is 4.79 Å². The third-order valence-corrected chi connectivity index (χ3v) is 7.13. The fourth-order valence-electron chi connectivity index (χ4n) is 5.16. The molecule has 6 nitrogen and oxygen atoms in total. The molecular formula is C31H34N4O2. The highest BCUT2D eigenvalue weighted by Gasteiger charge is 2.17. The first-order chi connectivity index (χ1) is 18.2. The van der Waals surface area contributed by atoms with Crippen molar-refractivity contribution < 1.29 is 9.53 Å². The fourth-order valence-corrected chi connectivity index (χ4v) is 5.16. The van der Waals surface area contributed by atoms with Crippen molar-refractivity contribution >= 4 is 22.5 Å². The third-order valence-electron chi connectivity index (χ3n) is 7.13. The monoisotopic (exact) mass is 494 g/mol. The predicted molar refractivity (Wildman–Crippen MR) is 149 cm³/mol. The highest BCUT2D eigenvalue weighted by Crippen LogP contribution is 2.31. The molecule has 2 aromatic heterocycles. The third kappa shape index (κ3) is 6.31. The molecule has 0 unspecified atom stereocenters. The number of aromatic nitrogens is 3. The molecule has 6 heteroatoms. The van der Waals surface area contributed by atoms with E-state index in [0.717, 1.165) is 52.0 Å². The number of Topliss-reactive ketones (excluding diaryl/α,β-unsaturated/α-hetero) is 1. The van der Waals surface area contributed by atoms with Gasteiger partial charge in [-0.2, -0.15) is 0 Å². The minimum Gasteiger partial charge on any atom is -0.494 e. The van der Waals surface area contributed by atoms with Gasteiger partial charge >= 0.3 is 0 Å². The quantitative estimate of drug-likeness (QED) is 0.237. The summed E-state index contributed by atoms with van der Waals surface area (Å²) in [5, 5.41) is 4.17. The zero-order valence-corrected chi connectivity index (χ0v) is 21.5. The van der Waals surface area contributed by atoms with Crippen LogP contribution in [0.4, 0.5) is 5.82 Å². The van der Waals surface area contributed by atoms with Crippen LogP contribution < -0.4 is 10.1 Å². The van der Waals surface area contributed by atoms with Crippen LogP contribution in [0, 0.1) is 5.92 Å². The average molecular weight is 495 g/mol. The Balaban J connectivity index is 1.24. The Morgan fingerprint density at radius 1 is 0.973 bits per heavy atom. The Kier molecular flexibility index (Phi) is 8.04. The van der Waals surface area contributed by atoms with E-state index in [4.69, 9.17) is 14.7 Å². The molecule has 190 valence electrons. The van der Waals surface area contributed by atoms with Gasteiger partial charge in [-0.15, -0.1) is 0 Å². The summed E-state index contributed by atoms with van der Waals surface area (Å²) in [5.74, 6) is 3.22. The molecule has 2 heterocycles. The van der Waals surface area contributed by atoms with Gasteiger partial charge in [0.25, 0.3) is 0 Å². The van der Waals surface area contributed by atoms with E-state index in [1.807, 2.05) is 37.4 Å². The van der Waals surface area contributed by atoms with Gasteiger partial charge in [0.05, 0.1) is 12.1 Å². The number of carbonyl (C=O) groups excluding carboxylic acids is 1. The van der Waals surface area contributed by atoms with Gasteiger partial charge in [0.15, 0.2) is 5.82 Å². The lowest BCUT2D eigenvalue weighted by Gasteiger charge is -2.20. The van der Waals surface area contributed by atoms with Crippen LogP contribution in [-0.4, -0.2) is 34.4 Å². The number of nitrogens with one attached hydrogen (secondary N) is 1. The molecule has 1 fully saturated rings. The molecule has 0 spiro atoms. The molecule has 2 aromatic carbocycles. The van der Waals surface area contributed by atoms with Crippen molar-refractivity contribution in [2.75, 3.05) is 19.0 Å². The summed E-state index contributed by atoms with van der Waals surface area (Å²) in [6.45, 7) is 0.548. The summed E-state index contributed by atoms with van der Waals surface area (Å²) in [7, 11) is 1.87. The lowest BCUT2D eigenvalue weighted by Crippen LogP contribution is -2.12. The van der Waals surface area contributed by atoms with Gasteiger partial charge in [-0.1, -0.05) is 50.3 Å². The van der Waals surface area contributed by atoms with Crippen LogP contribution in [-0.2, 0) is 4.79 Å². The first-order valence-electron chi connectivity index (χ1n) is 13.3. The van der Waals surface area contributed by atoms with Crippen LogP contribution in [0.2, 0.25) is 0 Å². The second-order valence-electron chi connectivity index (χ2n) is 9.85. The van der Waals surface area contributed by atoms with Crippen LogP contribution in [0.25, 0.3) is 33.4 Å². The van der Waals surface area contributed by atoms with Crippen molar-refractivity contribution in [3.8, 4) is 28.3 Å². The lowest BCUT2D eigenvalue weighted by atomic mass is 9.85. The Morgan fingerprint density at radius 3 is 2.62 bits per heavy atom. The number of hydrogen-bond acceptors (Lipinski definition) is 6. The standard InChI is InChI=1S/C31H34N4O2/c1-32-31-28-20-24(14-15-29(28)34-30(35-31)25-11-6-16-33-21-25)23-10-5-13-27(19-23)37-17-7-12-26(36)18-22-8-3-2-4-9-22/h5-6,10-11,13-16,19-22H,2-4,7-9,12,17-18H2,1H3,(H,32,34,35). The van der Waals surface area contributed by atoms with Crippen molar-refractivity contribution in [2.24, 2.45) is 5.92 Å². The number of hydrogen-bond donors (Lipinski definition) is 1. The van der Waals surface area contributed by atoms with Gasteiger partial charge < -0.3 is 10.1 Å². The van der Waals surface area contributed by atoms with Crippen LogP contribution in [0.1, 0.15) is 51.4 Å². The molecule has 0 aliphatic heterocycles. The molecule has 0 radical (unpaired) electrons. The smallest absolute Gasteiger partial charge is 0.163 e. The van der Waals surface area contributed by atoms with Gasteiger partial charge in [0.2, 0.25) is 0 Å². The number of nitrogens with zero attached hydrogens (tertiary/aromatic N) is 3. The number of ketones is 1. The normalized spacial score (nSPS) is 14.0. The molecule has 0 bridgehead atoms. The molecule has 0 atom stereocenters. The maximum Gasteiger partial charge on any atom is 0.163 e. The second kappa shape index (κ2) is 12.0. The summed E-state index contributed by atoms with van der Waals surface area (Å²) < 4.78 is 6.01. The largest absolute Gasteiger partial charge is 0.494 e. The number of anilines is 1. The summed E-state index contributed by atoms with van der Waals surface area (Å²) in [5.41, 5.74) is 3.87. The zero-order valence-electron chi connectivity index (χ0n) is 21.5. The van der Waals surface area contributed by atoms with E-state index >= 15 is 0 Å². The van der Waals surface area contributed by atoms with E-state index in [1.54, 1.807) is 12.4 Å². The zero-order chi connectivity index (χ0) is 25.5. The Morgan fingerprint density at radius 2 is 1.81 bits per heavy atom. The molecule has 1 aliphatic rings. The highest BCUT2D eigenvalue weighted by molar-refractivity contribution is 5.94. The maximum atomic E-state index is 12.3. The molecule has 1 N–H and O–H groups in total. The maximum absolute atomic E-state index is 12.3. The first kappa shape index (κ1) is 24.9. The fraction of sp³-hybridized carbons (Fsp3) is 0.355. The number of ether oxygens (including phenoxy) is 1. The summed E-state index contributed by atoms with van der Waals surface area (Å²) in [4.78, 5) is 26.0. The molecule has 4 aromatic rings. The van der Waals surface area contributed by atoms with Gasteiger partial charge in [0.1, 0.15) is 17.4 Å². The number of pyridine rings is 1. The minimum atomic E-state index is 0.384. The van der Waals surface area contributed by atoms with E-state index in [1.165, 1.54) is 32.1 Å². The van der Waals surface area contributed by atoms with Crippen molar-refractivity contribution in [1.29, 1.82) is 0 Å². The van der Waals surface area contributed by atoms with Crippen molar-refractivity contribution in [3.05, 3.63) is 67.0 Å². The Labute approximate surface area is 218 Å². The molecule has 0 saturated heterocycles. The van der Waals surface area contributed by atoms with Gasteiger partial charge in [0, 0.05) is 43.2 Å². The highest BCUT2D eigenvalue weighted by atomic mass is 16.5. The SMILES string of the molecule is CNc1nc(-c2cccnc2)nc2ccc(-c3cccc(OCCCC(=O)CC4CCCCC4)c3)cc12. The Hall–Kier alpha value is -3.80. The van der Waals surface area contributed by atoms with E-state index < -0.39 is 0 Å². The molecule has 1 saturated carbocycles. The van der Waals surface area contributed by atoms with Gasteiger partial charge in [-0.25, -0.2) is 9.97 Å².